The third-order valence-electron chi connectivity index (χ3n) is 6.45. The number of nitrogens with zero attached hydrogens (tertiary/aromatic N) is 1. The van der Waals surface area contributed by atoms with Crippen molar-refractivity contribution in [3.8, 4) is 0 Å². The summed E-state index contributed by atoms with van der Waals surface area (Å²) in [4.78, 5) is 15.4. The number of anilines is 1. The molecule has 1 fully saturated rings. The third-order valence-corrected chi connectivity index (χ3v) is 6.45. The Morgan fingerprint density at radius 3 is 1.94 bits per heavy atom. The summed E-state index contributed by atoms with van der Waals surface area (Å²) >= 11 is 0. The van der Waals surface area contributed by atoms with Crippen LogP contribution in [0.3, 0.4) is 0 Å². The van der Waals surface area contributed by atoms with Crippen LogP contribution in [0.2, 0.25) is 0 Å². The smallest absolute Gasteiger partial charge is 0.382 e. The summed E-state index contributed by atoms with van der Waals surface area (Å²) in [5.74, 6) is -0.163. The first-order chi connectivity index (χ1) is 16.0. The molecule has 0 spiro atoms. The molecular weight excluding hydrogens is 460 g/mol. The summed E-state index contributed by atoms with van der Waals surface area (Å²) in [6.07, 6.45) is -3.58. The molecule has 1 aromatic heterocycles. The van der Waals surface area contributed by atoms with Gasteiger partial charge in [-0.15, -0.1) is 0 Å². The van der Waals surface area contributed by atoms with Gasteiger partial charge in [0.2, 0.25) is 0 Å². The second-order valence-corrected chi connectivity index (χ2v) is 8.98. The van der Waals surface area contributed by atoms with Gasteiger partial charge in [-0.25, -0.2) is 4.98 Å². The number of rotatable bonds is 4. The minimum Gasteiger partial charge on any atom is -0.382 e. The molecule has 184 valence electrons. The fourth-order valence-electron chi connectivity index (χ4n) is 4.67. The van der Waals surface area contributed by atoms with Crippen LogP contribution < -0.4 is 10.6 Å². The molecule has 0 unspecified atom stereocenters. The van der Waals surface area contributed by atoms with Crippen molar-refractivity contribution in [2.24, 2.45) is 0 Å². The van der Waals surface area contributed by atoms with Crippen LogP contribution >= 0.6 is 0 Å². The van der Waals surface area contributed by atoms with E-state index in [1.54, 1.807) is 0 Å². The highest BCUT2D eigenvalue weighted by molar-refractivity contribution is 5.94. The van der Waals surface area contributed by atoms with Crippen molar-refractivity contribution in [3.05, 3.63) is 58.4 Å². The zero-order valence-electron chi connectivity index (χ0n) is 18.3. The zero-order valence-corrected chi connectivity index (χ0v) is 18.3. The first kappa shape index (κ1) is 24.3. The number of benzene rings is 1. The van der Waals surface area contributed by atoms with Crippen molar-refractivity contribution >= 4 is 11.6 Å². The Labute approximate surface area is 193 Å². The number of carbonyl (C=O) groups excluding carboxylic acids is 1. The molecule has 2 aliphatic carbocycles. The quantitative estimate of drug-likeness (QED) is 0.511. The molecule has 2 aliphatic rings. The number of pyridine rings is 1. The van der Waals surface area contributed by atoms with Crippen molar-refractivity contribution in [1.82, 2.24) is 10.3 Å². The number of hydrogen-bond acceptors (Lipinski definition) is 3. The maximum Gasteiger partial charge on any atom is 0.433 e. The lowest BCUT2D eigenvalue weighted by atomic mass is 9.89. The number of aryl methyl sites for hydroxylation is 2. The molecule has 4 nitrogen and oxygen atoms in total. The molecule has 2 aromatic rings. The number of aromatic nitrogens is 1. The predicted octanol–water partition coefficient (Wildman–Crippen LogP) is 6.15. The van der Waals surface area contributed by atoms with Gasteiger partial charge >= 0.3 is 12.4 Å². The molecule has 2 N–H and O–H groups in total. The lowest BCUT2D eigenvalue weighted by Gasteiger charge is -2.30. The molecule has 0 bridgehead atoms. The molecule has 0 atom stereocenters. The van der Waals surface area contributed by atoms with E-state index in [9.17, 15) is 31.1 Å². The Kier molecular flexibility index (Phi) is 6.78. The van der Waals surface area contributed by atoms with E-state index >= 15 is 0 Å². The summed E-state index contributed by atoms with van der Waals surface area (Å²) in [6.45, 7) is 0. The second-order valence-electron chi connectivity index (χ2n) is 8.98. The maximum atomic E-state index is 13.0. The molecule has 1 aromatic carbocycles. The standard InChI is InChI=1S/C24H25F6N3O/c25-23(26,27)20-12-19(13-21(33-20)24(28,29)30)31-17-7-9-18(10-8-17)32-22(34)16-6-5-14-3-1-2-4-15(14)11-16/h5-6,11-13,17-18H,1-4,7-10H2,(H,31,33)(H,32,34)/t17-,18+. The van der Waals surface area contributed by atoms with Crippen LogP contribution in [0.4, 0.5) is 32.0 Å². The molecule has 0 saturated heterocycles. The van der Waals surface area contributed by atoms with E-state index in [1.807, 2.05) is 18.2 Å². The summed E-state index contributed by atoms with van der Waals surface area (Å²) in [5, 5.41) is 5.80. The zero-order chi connectivity index (χ0) is 24.5. The lowest BCUT2D eigenvalue weighted by molar-refractivity contribution is -0.150. The van der Waals surface area contributed by atoms with Gasteiger partial charge in [0.05, 0.1) is 0 Å². The van der Waals surface area contributed by atoms with Gasteiger partial charge in [0.1, 0.15) is 11.4 Å². The fraction of sp³-hybridized carbons (Fsp3) is 0.500. The highest BCUT2D eigenvalue weighted by Gasteiger charge is 2.39. The highest BCUT2D eigenvalue weighted by atomic mass is 19.4. The van der Waals surface area contributed by atoms with Crippen molar-refractivity contribution in [1.29, 1.82) is 0 Å². The van der Waals surface area contributed by atoms with E-state index in [-0.39, 0.29) is 23.7 Å². The largest absolute Gasteiger partial charge is 0.433 e. The normalized spacial score (nSPS) is 21.0. The van der Waals surface area contributed by atoms with Crippen LogP contribution in [0, 0.1) is 0 Å². The number of halogens is 6. The first-order valence-corrected chi connectivity index (χ1v) is 11.3. The van der Waals surface area contributed by atoms with Gasteiger partial charge < -0.3 is 10.6 Å². The van der Waals surface area contributed by atoms with Gasteiger partial charge in [-0.2, -0.15) is 26.3 Å². The van der Waals surface area contributed by atoms with Crippen molar-refractivity contribution in [2.45, 2.75) is 75.8 Å². The van der Waals surface area contributed by atoms with Crippen LogP contribution in [-0.4, -0.2) is 23.0 Å². The van der Waals surface area contributed by atoms with Gasteiger partial charge in [-0.3, -0.25) is 4.79 Å². The minimum atomic E-state index is -4.99. The average molecular weight is 485 g/mol. The van der Waals surface area contributed by atoms with Gasteiger partial charge in [-0.1, -0.05) is 6.07 Å². The Balaban J connectivity index is 1.36. The highest BCUT2D eigenvalue weighted by Crippen LogP contribution is 2.35. The summed E-state index contributed by atoms with van der Waals surface area (Å²) < 4.78 is 78.1. The van der Waals surface area contributed by atoms with Gasteiger partial charge in [0.15, 0.2) is 0 Å². The number of hydrogen-bond donors (Lipinski definition) is 2. The van der Waals surface area contributed by atoms with E-state index in [1.165, 1.54) is 11.1 Å². The number of carbonyl (C=O) groups is 1. The van der Waals surface area contributed by atoms with E-state index in [2.05, 4.69) is 15.6 Å². The maximum absolute atomic E-state index is 13.0. The van der Waals surface area contributed by atoms with Crippen LogP contribution in [0.25, 0.3) is 0 Å². The minimum absolute atomic E-state index is 0.101. The van der Waals surface area contributed by atoms with E-state index in [0.29, 0.717) is 43.4 Å². The van der Waals surface area contributed by atoms with Crippen LogP contribution in [0.15, 0.2) is 30.3 Å². The molecule has 1 saturated carbocycles. The van der Waals surface area contributed by atoms with Gasteiger partial charge in [-0.05, 0) is 86.8 Å². The topological polar surface area (TPSA) is 54.0 Å². The third kappa shape index (κ3) is 5.82. The Hall–Kier alpha value is -2.78. The lowest BCUT2D eigenvalue weighted by Crippen LogP contribution is -2.40. The molecule has 0 radical (unpaired) electrons. The summed E-state index contributed by atoms with van der Waals surface area (Å²) in [6, 6.07) is 6.56. The number of alkyl halides is 6. The molecule has 4 rings (SSSR count). The number of amides is 1. The molecule has 34 heavy (non-hydrogen) atoms. The average Bonchev–Trinajstić information content (AvgIpc) is 2.78. The summed E-state index contributed by atoms with van der Waals surface area (Å²) in [7, 11) is 0. The predicted molar refractivity (Wildman–Crippen MR) is 114 cm³/mol. The molecule has 0 aliphatic heterocycles. The van der Waals surface area contributed by atoms with Crippen LogP contribution in [-0.2, 0) is 25.2 Å². The van der Waals surface area contributed by atoms with E-state index < -0.39 is 23.7 Å². The van der Waals surface area contributed by atoms with Crippen molar-refractivity contribution < 1.29 is 31.1 Å². The molecule has 1 amide bonds. The van der Waals surface area contributed by atoms with E-state index in [4.69, 9.17) is 0 Å². The molecule has 10 heteroatoms. The first-order valence-electron chi connectivity index (χ1n) is 11.3. The molecule has 1 heterocycles. The van der Waals surface area contributed by atoms with E-state index in [0.717, 1.165) is 25.7 Å². The van der Waals surface area contributed by atoms with Crippen molar-refractivity contribution in [3.63, 3.8) is 0 Å². The monoisotopic (exact) mass is 485 g/mol. The van der Waals surface area contributed by atoms with Gasteiger partial charge in [0.25, 0.3) is 5.91 Å². The Morgan fingerprint density at radius 1 is 0.794 bits per heavy atom. The Bertz CT molecular complexity index is 1010. The van der Waals surface area contributed by atoms with Crippen molar-refractivity contribution in [2.75, 3.05) is 5.32 Å². The number of nitrogens with one attached hydrogen (secondary N) is 2. The SMILES string of the molecule is O=C(N[C@H]1CC[C@@H](Nc2cc(C(F)(F)F)nc(C(F)(F)F)c2)CC1)c1ccc2c(c1)CCCC2. The Morgan fingerprint density at radius 2 is 1.35 bits per heavy atom. The fourth-order valence-corrected chi connectivity index (χ4v) is 4.67. The molecular formula is C24H25F6N3O. The number of fused-ring (bicyclic) bond motifs is 1. The summed E-state index contributed by atoms with van der Waals surface area (Å²) in [5.41, 5.74) is -0.339. The van der Waals surface area contributed by atoms with Gasteiger partial charge in [0, 0.05) is 23.3 Å². The van der Waals surface area contributed by atoms with Crippen LogP contribution in [0.1, 0.15) is 71.4 Å². The van der Waals surface area contributed by atoms with Crippen LogP contribution in [0.5, 0.6) is 0 Å². The second kappa shape index (κ2) is 9.46.